The van der Waals surface area contributed by atoms with Gasteiger partial charge in [0.05, 0.1) is 32.3 Å². The van der Waals surface area contributed by atoms with E-state index in [1.54, 1.807) is 0 Å². The number of benzene rings is 2. The van der Waals surface area contributed by atoms with Gasteiger partial charge in [-0.3, -0.25) is 9.59 Å². The van der Waals surface area contributed by atoms with Gasteiger partial charge in [-0.2, -0.15) is 4.31 Å². The van der Waals surface area contributed by atoms with Gasteiger partial charge in [-0.15, -0.1) is 0 Å². The number of methoxy groups -OCH3 is 2. The van der Waals surface area contributed by atoms with Gasteiger partial charge in [0.25, 0.3) is 0 Å². The standard InChI is InChI=1S/C23H29N3O7S/c1-16-7-4-5-8-17(16)14-24-22(27)23(28)25-15-21-26(11-6-12-33-21)34(29,30)18-9-10-19(31-2)20(13-18)32-3/h4-5,7-10,13,21H,6,11-12,14-15H2,1-3H3,(H,24,27)(H,25,28). The number of hydrogen-bond donors (Lipinski definition) is 2. The molecule has 11 heteroatoms. The highest BCUT2D eigenvalue weighted by atomic mass is 32.2. The Hall–Kier alpha value is -3.15. The highest BCUT2D eigenvalue weighted by Gasteiger charge is 2.35. The van der Waals surface area contributed by atoms with Crippen molar-refractivity contribution in [1.82, 2.24) is 14.9 Å². The Kier molecular flexibility index (Phi) is 8.48. The molecule has 0 bridgehead atoms. The lowest BCUT2D eigenvalue weighted by atomic mass is 10.1. The highest BCUT2D eigenvalue weighted by molar-refractivity contribution is 7.89. The van der Waals surface area contributed by atoms with Crippen molar-refractivity contribution in [1.29, 1.82) is 0 Å². The molecule has 1 unspecified atom stereocenters. The topological polar surface area (TPSA) is 123 Å². The minimum atomic E-state index is -3.97. The van der Waals surface area contributed by atoms with Crippen molar-refractivity contribution in [2.75, 3.05) is 33.9 Å². The van der Waals surface area contributed by atoms with Crippen molar-refractivity contribution in [2.24, 2.45) is 0 Å². The van der Waals surface area contributed by atoms with Crippen LogP contribution < -0.4 is 20.1 Å². The van der Waals surface area contributed by atoms with E-state index >= 15 is 0 Å². The Labute approximate surface area is 199 Å². The van der Waals surface area contributed by atoms with Crippen LogP contribution in [0.3, 0.4) is 0 Å². The molecule has 0 radical (unpaired) electrons. The number of carbonyl (C=O) groups excluding carboxylic acids is 2. The van der Waals surface area contributed by atoms with Crippen molar-refractivity contribution in [3.8, 4) is 11.5 Å². The fraction of sp³-hybridized carbons (Fsp3) is 0.391. The summed E-state index contributed by atoms with van der Waals surface area (Å²) in [6.07, 6.45) is -0.464. The lowest BCUT2D eigenvalue weighted by Gasteiger charge is -2.34. The summed E-state index contributed by atoms with van der Waals surface area (Å²) in [5.74, 6) is -1.01. The van der Waals surface area contributed by atoms with E-state index < -0.39 is 28.1 Å². The second-order valence-corrected chi connectivity index (χ2v) is 9.52. The molecule has 10 nitrogen and oxygen atoms in total. The average Bonchev–Trinajstić information content (AvgIpc) is 2.86. The summed E-state index contributed by atoms with van der Waals surface area (Å²) in [4.78, 5) is 24.5. The number of amides is 2. The summed E-state index contributed by atoms with van der Waals surface area (Å²) >= 11 is 0. The van der Waals surface area contributed by atoms with Crippen LogP contribution >= 0.6 is 0 Å². The van der Waals surface area contributed by atoms with Crippen LogP contribution in [0.25, 0.3) is 0 Å². The molecule has 2 N–H and O–H groups in total. The number of carbonyl (C=O) groups is 2. The SMILES string of the molecule is COc1ccc(S(=O)(=O)N2CCCOC2CNC(=O)C(=O)NCc2ccccc2C)cc1OC. The molecular weight excluding hydrogens is 462 g/mol. The number of sulfonamides is 1. The molecule has 1 aliphatic rings. The summed E-state index contributed by atoms with van der Waals surface area (Å²) in [6.45, 7) is 2.48. The molecule has 2 aromatic rings. The molecule has 0 aliphatic carbocycles. The van der Waals surface area contributed by atoms with Crippen LogP contribution in [0, 0.1) is 6.92 Å². The van der Waals surface area contributed by atoms with E-state index in [9.17, 15) is 18.0 Å². The Morgan fingerprint density at radius 1 is 1.06 bits per heavy atom. The minimum absolute atomic E-state index is 0.00273. The fourth-order valence-electron chi connectivity index (χ4n) is 3.54. The summed E-state index contributed by atoms with van der Waals surface area (Å²) in [7, 11) is -1.09. The van der Waals surface area contributed by atoms with Gasteiger partial charge in [-0.25, -0.2) is 8.42 Å². The number of hydrogen-bond acceptors (Lipinski definition) is 7. The van der Waals surface area contributed by atoms with Crippen LogP contribution in [-0.2, 0) is 30.9 Å². The van der Waals surface area contributed by atoms with E-state index in [1.165, 1.54) is 36.7 Å². The molecule has 1 saturated heterocycles. The monoisotopic (exact) mass is 491 g/mol. The second-order valence-electron chi connectivity index (χ2n) is 7.63. The van der Waals surface area contributed by atoms with Crippen molar-refractivity contribution in [3.05, 3.63) is 53.6 Å². The van der Waals surface area contributed by atoms with E-state index in [1.807, 2.05) is 31.2 Å². The third-order valence-corrected chi connectivity index (χ3v) is 7.34. The van der Waals surface area contributed by atoms with E-state index in [2.05, 4.69) is 10.6 Å². The van der Waals surface area contributed by atoms with E-state index in [0.717, 1.165) is 11.1 Å². The quantitative estimate of drug-likeness (QED) is 0.532. The zero-order chi connectivity index (χ0) is 24.7. The molecule has 3 rings (SSSR count). The Bertz CT molecular complexity index is 1140. The third kappa shape index (κ3) is 5.85. The number of aryl methyl sites for hydroxylation is 1. The van der Waals surface area contributed by atoms with E-state index in [-0.39, 0.29) is 30.3 Å². The number of rotatable bonds is 8. The Morgan fingerprint density at radius 3 is 2.47 bits per heavy atom. The van der Waals surface area contributed by atoms with Crippen molar-refractivity contribution in [2.45, 2.75) is 31.0 Å². The molecule has 1 atom stereocenters. The van der Waals surface area contributed by atoms with E-state index in [0.29, 0.717) is 18.8 Å². The maximum absolute atomic E-state index is 13.3. The first-order valence-corrected chi connectivity index (χ1v) is 12.2. The smallest absolute Gasteiger partial charge is 0.309 e. The lowest BCUT2D eigenvalue weighted by Crippen LogP contribution is -2.53. The predicted molar refractivity (Wildman–Crippen MR) is 124 cm³/mol. The molecule has 0 aromatic heterocycles. The zero-order valence-electron chi connectivity index (χ0n) is 19.4. The van der Waals surface area contributed by atoms with Gasteiger partial charge in [-0.1, -0.05) is 24.3 Å². The van der Waals surface area contributed by atoms with Gasteiger partial charge in [0.2, 0.25) is 10.0 Å². The summed E-state index contributed by atoms with van der Waals surface area (Å²) in [5.41, 5.74) is 1.89. The molecule has 34 heavy (non-hydrogen) atoms. The molecule has 1 aliphatic heterocycles. The van der Waals surface area contributed by atoms with E-state index in [4.69, 9.17) is 14.2 Å². The van der Waals surface area contributed by atoms with Crippen molar-refractivity contribution in [3.63, 3.8) is 0 Å². The van der Waals surface area contributed by atoms with Crippen LogP contribution in [0.1, 0.15) is 17.5 Å². The minimum Gasteiger partial charge on any atom is -0.493 e. The van der Waals surface area contributed by atoms with Crippen molar-refractivity contribution >= 4 is 21.8 Å². The Morgan fingerprint density at radius 2 is 1.76 bits per heavy atom. The predicted octanol–water partition coefficient (Wildman–Crippen LogP) is 1.18. The zero-order valence-corrected chi connectivity index (χ0v) is 20.2. The van der Waals surface area contributed by atoms with Crippen LogP contribution in [-0.4, -0.2) is 64.7 Å². The number of ether oxygens (including phenoxy) is 3. The highest BCUT2D eigenvalue weighted by Crippen LogP contribution is 2.31. The second kappa shape index (κ2) is 11.3. The van der Waals surface area contributed by atoms with Crippen LogP contribution in [0.5, 0.6) is 11.5 Å². The summed E-state index contributed by atoms with van der Waals surface area (Å²) in [5, 5.41) is 5.04. The molecule has 0 saturated carbocycles. The maximum Gasteiger partial charge on any atom is 0.309 e. The molecule has 0 spiro atoms. The first-order chi connectivity index (χ1) is 16.3. The molecule has 2 amide bonds. The largest absolute Gasteiger partial charge is 0.493 e. The number of nitrogens with zero attached hydrogens (tertiary/aromatic N) is 1. The van der Waals surface area contributed by atoms with Gasteiger partial charge in [-0.05, 0) is 36.6 Å². The van der Waals surface area contributed by atoms with Crippen LogP contribution in [0.2, 0.25) is 0 Å². The van der Waals surface area contributed by atoms with Crippen molar-refractivity contribution < 1.29 is 32.2 Å². The maximum atomic E-state index is 13.3. The number of nitrogens with one attached hydrogen (secondary N) is 2. The van der Waals surface area contributed by atoms with Gasteiger partial charge in [0.15, 0.2) is 11.5 Å². The van der Waals surface area contributed by atoms with Gasteiger partial charge < -0.3 is 24.8 Å². The first-order valence-electron chi connectivity index (χ1n) is 10.7. The van der Waals surface area contributed by atoms with Gasteiger partial charge in [0, 0.05) is 19.2 Å². The molecular formula is C23H29N3O7S. The average molecular weight is 492 g/mol. The van der Waals surface area contributed by atoms with Crippen LogP contribution in [0.15, 0.2) is 47.4 Å². The lowest BCUT2D eigenvalue weighted by molar-refractivity contribution is -0.140. The van der Waals surface area contributed by atoms with Crippen LogP contribution in [0.4, 0.5) is 0 Å². The first kappa shape index (κ1) is 25.5. The molecule has 1 fully saturated rings. The molecule has 184 valence electrons. The van der Waals surface area contributed by atoms with Gasteiger partial charge in [0.1, 0.15) is 6.23 Å². The fourth-order valence-corrected chi connectivity index (χ4v) is 5.12. The summed E-state index contributed by atoms with van der Waals surface area (Å²) < 4.78 is 43.8. The molecule has 2 aromatic carbocycles. The normalized spacial score (nSPS) is 16.5. The summed E-state index contributed by atoms with van der Waals surface area (Å²) in [6, 6.07) is 11.8. The molecule has 1 heterocycles. The third-order valence-electron chi connectivity index (χ3n) is 5.46. The van der Waals surface area contributed by atoms with Gasteiger partial charge >= 0.3 is 11.8 Å². The Balaban J connectivity index is 1.65.